The van der Waals surface area contributed by atoms with Gasteiger partial charge in [0.2, 0.25) is 5.91 Å². The van der Waals surface area contributed by atoms with E-state index < -0.39 is 11.9 Å². The molecule has 0 bridgehead atoms. The molecule has 1 aliphatic carbocycles. The first-order valence-corrected chi connectivity index (χ1v) is 8.81. The van der Waals surface area contributed by atoms with E-state index in [0.717, 1.165) is 18.4 Å². The van der Waals surface area contributed by atoms with E-state index in [-0.39, 0.29) is 17.9 Å². The predicted molar refractivity (Wildman–Crippen MR) is 89.8 cm³/mol. The van der Waals surface area contributed by atoms with Gasteiger partial charge >= 0.3 is 5.97 Å². The van der Waals surface area contributed by atoms with E-state index in [0.29, 0.717) is 37.6 Å². The van der Waals surface area contributed by atoms with Gasteiger partial charge in [-0.05, 0) is 25.3 Å². The SMILES string of the molecule is O=C(O)C1CCCC(C(=O)N2CCOC(c3ccccc3Cl)C2)C1. The number of hydrogen-bond donors (Lipinski definition) is 1. The van der Waals surface area contributed by atoms with Crippen molar-refractivity contribution in [3.8, 4) is 0 Å². The normalized spacial score (nSPS) is 27.7. The van der Waals surface area contributed by atoms with Crippen molar-refractivity contribution >= 4 is 23.5 Å². The number of carboxylic acid groups (broad SMARTS) is 1. The van der Waals surface area contributed by atoms with E-state index in [1.165, 1.54) is 0 Å². The number of benzene rings is 1. The summed E-state index contributed by atoms with van der Waals surface area (Å²) in [4.78, 5) is 25.9. The van der Waals surface area contributed by atoms with Crippen molar-refractivity contribution in [3.63, 3.8) is 0 Å². The average Bonchev–Trinajstić information content (AvgIpc) is 2.61. The third-order valence-corrected chi connectivity index (χ3v) is 5.35. The number of carbonyl (C=O) groups is 2. The maximum absolute atomic E-state index is 12.8. The summed E-state index contributed by atoms with van der Waals surface area (Å²) >= 11 is 6.24. The van der Waals surface area contributed by atoms with Crippen LogP contribution in [0.3, 0.4) is 0 Å². The highest BCUT2D eigenvalue weighted by molar-refractivity contribution is 6.31. The Morgan fingerprint density at radius 2 is 1.96 bits per heavy atom. The largest absolute Gasteiger partial charge is 0.481 e. The molecule has 130 valence electrons. The fraction of sp³-hybridized carbons (Fsp3) is 0.556. The highest BCUT2D eigenvalue weighted by Gasteiger charge is 2.35. The third kappa shape index (κ3) is 3.73. The zero-order valence-electron chi connectivity index (χ0n) is 13.5. The molecule has 2 fully saturated rings. The lowest BCUT2D eigenvalue weighted by Gasteiger charge is -2.37. The van der Waals surface area contributed by atoms with E-state index in [1.807, 2.05) is 29.2 Å². The molecular formula is C18H22ClNO4. The van der Waals surface area contributed by atoms with Gasteiger partial charge in [0.25, 0.3) is 0 Å². The van der Waals surface area contributed by atoms with Crippen LogP contribution in [0.5, 0.6) is 0 Å². The van der Waals surface area contributed by atoms with Gasteiger partial charge in [0.1, 0.15) is 6.10 Å². The molecule has 1 aliphatic heterocycles. The molecule has 1 saturated carbocycles. The summed E-state index contributed by atoms with van der Waals surface area (Å²) in [6.45, 7) is 1.49. The monoisotopic (exact) mass is 351 g/mol. The lowest BCUT2D eigenvalue weighted by Crippen LogP contribution is -2.46. The molecule has 2 aliphatic rings. The van der Waals surface area contributed by atoms with Crippen LogP contribution in [-0.4, -0.2) is 41.6 Å². The van der Waals surface area contributed by atoms with Crippen molar-refractivity contribution in [2.24, 2.45) is 11.8 Å². The molecule has 1 amide bonds. The smallest absolute Gasteiger partial charge is 0.306 e. The van der Waals surface area contributed by atoms with E-state index in [4.69, 9.17) is 16.3 Å². The van der Waals surface area contributed by atoms with Crippen LogP contribution in [0.1, 0.15) is 37.4 Å². The van der Waals surface area contributed by atoms with Gasteiger partial charge in [-0.1, -0.05) is 36.2 Å². The average molecular weight is 352 g/mol. The topological polar surface area (TPSA) is 66.8 Å². The summed E-state index contributed by atoms with van der Waals surface area (Å²) in [5.74, 6) is -1.32. The molecule has 1 aromatic rings. The van der Waals surface area contributed by atoms with Crippen molar-refractivity contribution in [1.29, 1.82) is 0 Å². The molecule has 0 spiro atoms. The van der Waals surface area contributed by atoms with Crippen LogP contribution in [-0.2, 0) is 14.3 Å². The molecule has 3 unspecified atom stereocenters. The fourth-order valence-electron chi connectivity index (χ4n) is 3.67. The van der Waals surface area contributed by atoms with Gasteiger partial charge in [-0.25, -0.2) is 0 Å². The van der Waals surface area contributed by atoms with Gasteiger partial charge in [0.05, 0.1) is 19.1 Å². The van der Waals surface area contributed by atoms with Crippen molar-refractivity contribution in [1.82, 2.24) is 4.90 Å². The highest BCUT2D eigenvalue weighted by atomic mass is 35.5. The molecule has 1 saturated heterocycles. The summed E-state index contributed by atoms with van der Waals surface area (Å²) < 4.78 is 5.80. The minimum Gasteiger partial charge on any atom is -0.481 e. The molecule has 3 atom stereocenters. The van der Waals surface area contributed by atoms with Gasteiger partial charge < -0.3 is 14.7 Å². The summed E-state index contributed by atoms with van der Waals surface area (Å²) in [6.07, 6.45) is 2.46. The molecule has 1 heterocycles. The molecule has 1 N–H and O–H groups in total. The highest BCUT2D eigenvalue weighted by Crippen LogP contribution is 2.33. The first-order chi connectivity index (χ1) is 11.6. The van der Waals surface area contributed by atoms with Crippen LogP contribution in [0.4, 0.5) is 0 Å². The zero-order chi connectivity index (χ0) is 17.1. The molecule has 24 heavy (non-hydrogen) atoms. The second kappa shape index (κ2) is 7.53. The molecular weight excluding hydrogens is 330 g/mol. The molecule has 6 heteroatoms. The van der Waals surface area contributed by atoms with E-state index in [2.05, 4.69) is 0 Å². The van der Waals surface area contributed by atoms with Crippen LogP contribution >= 0.6 is 11.6 Å². The second-order valence-electron chi connectivity index (χ2n) is 6.56. The quantitative estimate of drug-likeness (QED) is 0.908. The number of nitrogens with zero attached hydrogens (tertiary/aromatic N) is 1. The Hall–Kier alpha value is -1.59. The Kier molecular flexibility index (Phi) is 5.41. The van der Waals surface area contributed by atoms with E-state index in [1.54, 1.807) is 0 Å². The van der Waals surface area contributed by atoms with Crippen molar-refractivity contribution in [2.75, 3.05) is 19.7 Å². The first-order valence-electron chi connectivity index (χ1n) is 8.44. The molecule has 3 rings (SSSR count). The first kappa shape index (κ1) is 17.2. The predicted octanol–water partition coefficient (Wildman–Crippen LogP) is 3.13. The number of morpholine rings is 1. The van der Waals surface area contributed by atoms with Crippen LogP contribution in [0.2, 0.25) is 5.02 Å². The number of carboxylic acids is 1. The van der Waals surface area contributed by atoms with Crippen molar-refractivity contribution in [3.05, 3.63) is 34.9 Å². The Morgan fingerprint density at radius 1 is 1.21 bits per heavy atom. The lowest BCUT2D eigenvalue weighted by atomic mass is 9.80. The standard InChI is InChI=1S/C18H22ClNO4/c19-15-7-2-1-6-14(15)16-11-20(8-9-24-16)17(21)12-4-3-5-13(10-12)18(22)23/h1-2,6-7,12-13,16H,3-5,8-11H2,(H,22,23). The molecule has 1 aromatic carbocycles. The zero-order valence-corrected chi connectivity index (χ0v) is 14.2. The number of rotatable bonds is 3. The van der Waals surface area contributed by atoms with E-state index >= 15 is 0 Å². The van der Waals surface area contributed by atoms with Crippen molar-refractivity contribution in [2.45, 2.75) is 31.8 Å². The van der Waals surface area contributed by atoms with Gasteiger partial charge in [-0.2, -0.15) is 0 Å². The molecule has 5 nitrogen and oxygen atoms in total. The van der Waals surface area contributed by atoms with Crippen LogP contribution < -0.4 is 0 Å². The van der Waals surface area contributed by atoms with Crippen molar-refractivity contribution < 1.29 is 19.4 Å². The Bertz CT molecular complexity index is 621. The van der Waals surface area contributed by atoms with Crippen LogP contribution in [0, 0.1) is 11.8 Å². The number of carbonyl (C=O) groups excluding carboxylic acids is 1. The van der Waals surface area contributed by atoms with Crippen LogP contribution in [0.25, 0.3) is 0 Å². The number of halogens is 1. The molecule has 0 aromatic heterocycles. The van der Waals surface area contributed by atoms with Gasteiger partial charge in [-0.15, -0.1) is 0 Å². The van der Waals surface area contributed by atoms with Gasteiger partial charge in [0.15, 0.2) is 0 Å². The van der Waals surface area contributed by atoms with E-state index in [9.17, 15) is 14.7 Å². The number of aliphatic carboxylic acids is 1. The fourth-order valence-corrected chi connectivity index (χ4v) is 3.93. The Balaban J connectivity index is 1.67. The van der Waals surface area contributed by atoms with Gasteiger partial charge in [-0.3, -0.25) is 9.59 Å². The van der Waals surface area contributed by atoms with Gasteiger partial charge in [0, 0.05) is 23.0 Å². The Morgan fingerprint density at radius 3 is 2.71 bits per heavy atom. The maximum Gasteiger partial charge on any atom is 0.306 e. The summed E-state index contributed by atoms with van der Waals surface area (Å²) in [5, 5.41) is 9.85. The second-order valence-corrected chi connectivity index (χ2v) is 6.97. The number of amides is 1. The minimum absolute atomic E-state index is 0.0568. The molecule has 0 radical (unpaired) electrons. The lowest BCUT2D eigenvalue weighted by molar-refractivity contribution is -0.148. The summed E-state index contributed by atoms with van der Waals surface area (Å²) in [6, 6.07) is 7.51. The summed E-state index contributed by atoms with van der Waals surface area (Å²) in [7, 11) is 0. The maximum atomic E-state index is 12.8. The Labute approximate surface area is 146 Å². The van der Waals surface area contributed by atoms with Crippen LogP contribution in [0.15, 0.2) is 24.3 Å². The third-order valence-electron chi connectivity index (χ3n) is 5.00. The number of ether oxygens (including phenoxy) is 1. The minimum atomic E-state index is -0.788. The summed E-state index contributed by atoms with van der Waals surface area (Å²) in [5.41, 5.74) is 0.892. The number of hydrogen-bond acceptors (Lipinski definition) is 3.